The minimum absolute atomic E-state index is 0.139. The van der Waals surface area contributed by atoms with Gasteiger partial charge in [-0.25, -0.2) is 4.98 Å². The maximum atomic E-state index is 12.3. The van der Waals surface area contributed by atoms with Crippen molar-refractivity contribution in [1.82, 2.24) is 9.88 Å². The van der Waals surface area contributed by atoms with Gasteiger partial charge in [-0.15, -0.1) is 0 Å². The first kappa shape index (κ1) is 14.6. The summed E-state index contributed by atoms with van der Waals surface area (Å²) in [6.45, 7) is 2.19. The Balaban J connectivity index is 2.03. The van der Waals surface area contributed by atoms with Crippen LogP contribution in [0.2, 0.25) is 10.2 Å². The summed E-state index contributed by atoms with van der Waals surface area (Å²) in [5.41, 5.74) is 0.390. The second-order valence-electron chi connectivity index (χ2n) is 4.76. The zero-order chi connectivity index (χ0) is 13.8. The SMILES string of the molecule is CN(CC1CCCOC1)C(=O)c1cc(Cl)ncc1Cl. The first-order valence-corrected chi connectivity index (χ1v) is 6.97. The smallest absolute Gasteiger partial charge is 0.255 e. The van der Waals surface area contributed by atoms with E-state index in [2.05, 4.69) is 4.98 Å². The lowest BCUT2D eigenvalue weighted by molar-refractivity contribution is 0.0388. The van der Waals surface area contributed by atoms with Crippen LogP contribution in [0.25, 0.3) is 0 Å². The van der Waals surface area contributed by atoms with Crippen LogP contribution in [-0.2, 0) is 4.74 Å². The fourth-order valence-corrected chi connectivity index (χ4v) is 2.55. The van der Waals surface area contributed by atoms with Crippen molar-refractivity contribution in [3.8, 4) is 0 Å². The third-order valence-electron chi connectivity index (χ3n) is 3.19. The molecule has 1 aliphatic heterocycles. The summed E-state index contributed by atoms with van der Waals surface area (Å²) in [6, 6.07) is 1.50. The minimum atomic E-state index is -0.139. The lowest BCUT2D eigenvalue weighted by atomic mass is 10.0. The van der Waals surface area contributed by atoms with Crippen molar-refractivity contribution < 1.29 is 9.53 Å². The zero-order valence-corrected chi connectivity index (χ0v) is 12.2. The van der Waals surface area contributed by atoms with Crippen molar-refractivity contribution in [3.05, 3.63) is 28.0 Å². The molecule has 0 radical (unpaired) electrons. The van der Waals surface area contributed by atoms with Gasteiger partial charge >= 0.3 is 0 Å². The molecule has 19 heavy (non-hydrogen) atoms. The van der Waals surface area contributed by atoms with Crippen LogP contribution < -0.4 is 0 Å². The number of ether oxygens (including phenoxy) is 1. The average molecular weight is 303 g/mol. The molecule has 1 unspecified atom stereocenters. The van der Waals surface area contributed by atoms with E-state index >= 15 is 0 Å². The number of carbonyl (C=O) groups is 1. The van der Waals surface area contributed by atoms with Crippen LogP contribution in [0.5, 0.6) is 0 Å². The molecule has 0 saturated carbocycles. The number of halogens is 2. The van der Waals surface area contributed by atoms with Crippen LogP contribution in [0.15, 0.2) is 12.3 Å². The van der Waals surface area contributed by atoms with E-state index in [-0.39, 0.29) is 11.1 Å². The van der Waals surface area contributed by atoms with E-state index in [9.17, 15) is 4.79 Å². The van der Waals surface area contributed by atoms with Crippen LogP contribution >= 0.6 is 23.2 Å². The Morgan fingerprint density at radius 3 is 3.05 bits per heavy atom. The standard InChI is InChI=1S/C13H16Cl2N2O2/c1-17(7-9-3-2-4-19-8-9)13(18)10-5-12(15)16-6-11(10)14/h5-6,9H,2-4,7-8H2,1H3. The molecular formula is C13H16Cl2N2O2. The zero-order valence-electron chi connectivity index (χ0n) is 10.7. The predicted octanol–water partition coefficient (Wildman–Crippen LogP) is 2.89. The van der Waals surface area contributed by atoms with Crippen molar-refractivity contribution in [2.75, 3.05) is 26.8 Å². The van der Waals surface area contributed by atoms with Crippen LogP contribution in [0.1, 0.15) is 23.2 Å². The third-order valence-corrected chi connectivity index (χ3v) is 3.69. The third kappa shape index (κ3) is 3.81. The van der Waals surface area contributed by atoms with Gasteiger partial charge in [0, 0.05) is 26.4 Å². The fourth-order valence-electron chi connectivity index (χ4n) is 2.20. The van der Waals surface area contributed by atoms with Gasteiger partial charge in [0.2, 0.25) is 0 Å². The molecule has 0 bridgehead atoms. The summed E-state index contributed by atoms with van der Waals surface area (Å²) >= 11 is 11.8. The van der Waals surface area contributed by atoms with Crippen LogP contribution in [0.4, 0.5) is 0 Å². The number of rotatable bonds is 3. The van der Waals surface area contributed by atoms with Gasteiger partial charge in [0.25, 0.3) is 5.91 Å². The highest BCUT2D eigenvalue weighted by molar-refractivity contribution is 6.35. The lowest BCUT2D eigenvalue weighted by Crippen LogP contribution is -2.35. The molecule has 1 aromatic heterocycles. The maximum Gasteiger partial charge on any atom is 0.255 e. The van der Waals surface area contributed by atoms with Gasteiger partial charge in [0.05, 0.1) is 17.2 Å². The lowest BCUT2D eigenvalue weighted by Gasteiger charge is -2.27. The summed E-state index contributed by atoms with van der Waals surface area (Å²) in [5.74, 6) is 0.249. The molecule has 1 fully saturated rings. The quantitative estimate of drug-likeness (QED) is 0.806. The molecule has 0 aromatic carbocycles. The Hall–Kier alpha value is -0.840. The number of aromatic nitrogens is 1. The number of amides is 1. The average Bonchev–Trinajstić information content (AvgIpc) is 2.42. The van der Waals surface area contributed by atoms with Gasteiger partial charge in [-0.05, 0) is 24.8 Å². The van der Waals surface area contributed by atoms with E-state index in [4.69, 9.17) is 27.9 Å². The Morgan fingerprint density at radius 1 is 1.58 bits per heavy atom. The Morgan fingerprint density at radius 2 is 2.37 bits per heavy atom. The summed E-state index contributed by atoms with van der Waals surface area (Å²) in [4.78, 5) is 17.8. The molecule has 4 nitrogen and oxygen atoms in total. The maximum absolute atomic E-state index is 12.3. The van der Waals surface area contributed by atoms with Crippen molar-refractivity contribution in [3.63, 3.8) is 0 Å². The Bertz CT molecular complexity index is 462. The molecular weight excluding hydrogens is 287 g/mol. The Kier molecular flexibility index (Phi) is 5.02. The molecule has 1 atom stereocenters. The number of hydrogen-bond acceptors (Lipinski definition) is 3. The van der Waals surface area contributed by atoms with E-state index in [0.717, 1.165) is 19.4 Å². The first-order valence-electron chi connectivity index (χ1n) is 6.22. The van der Waals surface area contributed by atoms with Gasteiger partial charge in [-0.3, -0.25) is 4.79 Å². The van der Waals surface area contributed by atoms with Crippen molar-refractivity contribution >= 4 is 29.1 Å². The molecule has 2 rings (SSSR count). The molecule has 1 aliphatic rings. The van der Waals surface area contributed by atoms with Crippen LogP contribution in [0, 0.1) is 5.92 Å². The number of carbonyl (C=O) groups excluding carboxylic acids is 1. The highest BCUT2D eigenvalue weighted by Gasteiger charge is 2.21. The molecule has 6 heteroatoms. The number of hydrogen-bond donors (Lipinski definition) is 0. The van der Waals surface area contributed by atoms with Gasteiger partial charge in [-0.1, -0.05) is 23.2 Å². The minimum Gasteiger partial charge on any atom is -0.381 e. The summed E-state index contributed by atoms with van der Waals surface area (Å²) in [7, 11) is 1.77. The highest BCUT2D eigenvalue weighted by Crippen LogP contribution is 2.21. The second-order valence-corrected chi connectivity index (χ2v) is 5.55. The van der Waals surface area contributed by atoms with E-state index in [1.807, 2.05) is 0 Å². The van der Waals surface area contributed by atoms with E-state index in [1.165, 1.54) is 12.3 Å². The summed E-state index contributed by atoms with van der Waals surface area (Å²) < 4.78 is 5.42. The topological polar surface area (TPSA) is 42.4 Å². The second kappa shape index (κ2) is 6.55. The van der Waals surface area contributed by atoms with Crippen molar-refractivity contribution in [1.29, 1.82) is 0 Å². The predicted molar refractivity (Wildman–Crippen MR) is 74.8 cm³/mol. The fraction of sp³-hybridized carbons (Fsp3) is 0.538. The highest BCUT2D eigenvalue weighted by atomic mass is 35.5. The van der Waals surface area contributed by atoms with Crippen LogP contribution in [0.3, 0.4) is 0 Å². The number of nitrogens with zero attached hydrogens (tertiary/aromatic N) is 2. The van der Waals surface area contributed by atoms with E-state index < -0.39 is 0 Å². The molecule has 104 valence electrons. The largest absolute Gasteiger partial charge is 0.381 e. The van der Waals surface area contributed by atoms with Gasteiger partial charge < -0.3 is 9.64 Å². The molecule has 1 amide bonds. The summed E-state index contributed by atoms with van der Waals surface area (Å²) in [6.07, 6.45) is 3.53. The molecule has 0 N–H and O–H groups in total. The van der Waals surface area contributed by atoms with E-state index in [0.29, 0.717) is 29.7 Å². The van der Waals surface area contributed by atoms with E-state index in [1.54, 1.807) is 11.9 Å². The molecule has 0 aliphatic carbocycles. The van der Waals surface area contributed by atoms with Gasteiger partial charge in [0.1, 0.15) is 5.15 Å². The monoisotopic (exact) mass is 302 g/mol. The number of pyridine rings is 1. The molecule has 1 saturated heterocycles. The molecule has 1 aromatic rings. The van der Waals surface area contributed by atoms with Gasteiger partial charge in [-0.2, -0.15) is 0 Å². The van der Waals surface area contributed by atoms with Crippen LogP contribution in [-0.4, -0.2) is 42.6 Å². The Labute approximate surface area is 122 Å². The normalized spacial score (nSPS) is 19.2. The van der Waals surface area contributed by atoms with Crippen molar-refractivity contribution in [2.45, 2.75) is 12.8 Å². The molecule has 0 spiro atoms. The van der Waals surface area contributed by atoms with Gasteiger partial charge in [0.15, 0.2) is 0 Å². The first-order chi connectivity index (χ1) is 9.08. The summed E-state index contributed by atoms with van der Waals surface area (Å²) in [5, 5.41) is 0.586. The molecule has 2 heterocycles. The van der Waals surface area contributed by atoms with Crippen molar-refractivity contribution in [2.24, 2.45) is 5.92 Å².